The highest BCUT2D eigenvalue weighted by atomic mass is 32.2. The Labute approximate surface area is 157 Å². The molecule has 1 aliphatic rings. The van der Waals surface area contributed by atoms with Crippen LogP contribution in [-0.4, -0.2) is 10.9 Å². The molecule has 0 aliphatic carbocycles. The highest BCUT2D eigenvalue weighted by Gasteiger charge is 2.16. The summed E-state index contributed by atoms with van der Waals surface area (Å²) in [6.07, 6.45) is 2.69. The average molecular weight is 358 g/mol. The van der Waals surface area contributed by atoms with E-state index in [0.717, 1.165) is 23.1 Å². The number of aromatic nitrogens is 1. The molecule has 26 heavy (non-hydrogen) atoms. The number of amides is 1. The maximum atomic E-state index is 11.1. The summed E-state index contributed by atoms with van der Waals surface area (Å²) in [4.78, 5) is 18.0. The SMILES string of the molecule is C=C(c1ccc(NC(C)=O)nc1)c1ccc2c(c1)Cc1ccccc1S2. The van der Waals surface area contributed by atoms with Crippen molar-refractivity contribution in [2.45, 2.75) is 23.1 Å². The van der Waals surface area contributed by atoms with Crippen molar-refractivity contribution >= 4 is 29.1 Å². The molecule has 1 aromatic heterocycles. The van der Waals surface area contributed by atoms with E-state index in [1.165, 1.54) is 27.8 Å². The van der Waals surface area contributed by atoms with Crippen LogP contribution in [0.5, 0.6) is 0 Å². The Morgan fingerprint density at radius 3 is 2.58 bits per heavy atom. The molecule has 0 saturated carbocycles. The lowest BCUT2D eigenvalue weighted by Gasteiger charge is -2.20. The number of carbonyl (C=O) groups excluding carboxylic acids is 1. The minimum Gasteiger partial charge on any atom is -0.311 e. The summed E-state index contributed by atoms with van der Waals surface area (Å²) >= 11 is 1.82. The Kier molecular flexibility index (Phi) is 4.35. The third kappa shape index (κ3) is 3.28. The van der Waals surface area contributed by atoms with Gasteiger partial charge in [0.05, 0.1) is 0 Å². The van der Waals surface area contributed by atoms with E-state index in [4.69, 9.17) is 0 Å². The molecule has 128 valence electrons. The molecule has 3 aromatic rings. The van der Waals surface area contributed by atoms with Crippen LogP contribution in [0.15, 0.2) is 77.2 Å². The highest BCUT2D eigenvalue weighted by Crippen LogP contribution is 2.40. The number of fused-ring (bicyclic) bond motifs is 2. The molecule has 1 aliphatic heterocycles. The first kappa shape index (κ1) is 16.6. The third-order valence-electron chi connectivity index (χ3n) is 4.40. The summed E-state index contributed by atoms with van der Waals surface area (Å²) in [7, 11) is 0. The molecular formula is C22H18N2OS. The van der Waals surface area contributed by atoms with E-state index in [1.807, 2.05) is 17.8 Å². The van der Waals surface area contributed by atoms with E-state index < -0.39 is 0 Å². The van der Waals surface area contributed by atoms with E-state index in [-0.39, 0.29) is 5.91 Å². The van der Waals surface area contributed by atoms with Gasteiger partial charge in [-0.25, -0.2) is 4.98 Å². The number of nitrogens with zero attached hydrogens (tertiary/aromatic N) is 1. The van der Waals surface area contributed by atoms with E-state index in [1.54, 1.807) is 12.3 Å². The van der Waals surface area contributed by atoms with Gasteiger partial charge in [-0.2, -0.15) is 0 Å². The Bertz CT molecular complexity index is 1010. The normalized spacial score (nSPS) is 12.0. The summed E-state index contributed by atoms with van der Waals surface area (Å²) in [5, 5.41) is 2.68. The van der Waals surface area contributed by atoms with Crippen LogP contribution < -0.4 is 5.32 Å². The molecule has 1 N–H and O–H groups in total. The zero-order valence-electron chi connectivity index (χ0n) is 14.5. The molecule has 0 atom stereocenters. The number of rotatable bonds is 3. The maximum absolute atomic E-state index is 11.1. The van der Waals surface area contributed by atoms with Crippen molar-refractivity contribution in [2.75, 3.05) is 5.32 Å². The molecular weight excluding hydrogens is 340 g/mol. The number of nitrogens with one attached hydrogen (secondary N) is 1. The fraction of sp³-hybridized carbons (Fsp3) is 0.0909. The lowest BCUT2D eigenvalue weighted by Crippen LogP contribution is -2.07. The van der Waals surface area contributed by atoms with Crippen LogP contribution in [0.25, 0.3) is 5.57 Å². The number of carbonyl (C=O) groups is 1. The van der Waals surface area contributed by atoms with Crippen LogP contribution in [0.1, 0.15) is 29.2 Å². The van der Waals surface area contributed by atoms with Gasteiger partial charge in [-0.15, -0.1) is 0 Å². The number of hydrogen-bond donors (Lipinski definition) is 1. The van der Waals surface area contributed by atoms with Gasteiger partial charge in [-0.3, -0.25) is 4.79 Å². The van der Waals surface area contributed by atoms with Gasteiger partial charge < -0.3 is 5.32 Å². The zero-order valence-corrected chi connectivity index (χ0v) is 15.3. The van der Waals surface area contributed by atoms with Crippen molar-refractivity contribution in [3.05, 3.63) is 89.6 Å². The highest BCUT2D eigenvalue weighted by molar-refractivity contribution is 7.99. The van der Waals surface area contributed by atoms with Crippen molar-refractivity contribution in [1.82, 2.24) is 4.98 Å². The quantitative estimate of drug-likeness (QED) is 0.550. The van der Waals surface area contributed by atoms with Crippen LogP contribution in [0, 0.1) is 0 Å². The van der Waals surface area contributed by atoms with Crippen molar-refractivity contribution in [3.8, 4) is 0 Å². The molecule has 4 heteroatoms. The van der Waals surface area contributed by atoms with E-state index in [9.17, 15) is 4.79 Å². The lowest BCUT2D eigenvalue weighted by atomic mass is 9.96. The number of hydrogen-bond acceptors (Lipinski definition) is 3. The molecule has 3 nitrogen and oxygen atoms in total. The van der Waals surface area contributed by atoms with E-state index >= 15 is 0 Å². The molecule has 0 bridgehead atoms. The van der Waals surface area contributed by atoms with Crippen LogP contribution in [0.3, 0.4) is 0 Å². The number of anilines is 1. The fourth-order valence-electron chi connectivity index (χ4n) is 3.07. The smallest absolute Gasteiger partial charge is 0.222 e. The average Bonchev–Trinajstić information content (AvgIpc) is 2.65. The zero-order chi connectivity index (χ0) is 18.1. The molecule has 0 fully saturated rings. The Balaban J connectivity index is 1.59. The topological polar surface area (TPSA) is 42.0 Å². The Morgan fingerprint density at radius 1 is 1.04 bits per heavy atom. The maximum Gasteiger partial charge on any atom is 0.222 e. The predicted molar refractivity (Wildman–Crippen MR) is 106 cm³/mol. The van der Waals surface area contributed by atoms with Gasteiger partial charge in [0, 0.05) is 28.5 Å². The van der Waals surface area contributed by atoms with Gasteiger partial charge in [0.2, 0.25) is 5.91 Å². The van der Waals surface area contributed by atoms with Crippen molar-refractivity contribution < 1.29 is 4.79 Å². The fourth-order valence-corrected chi connectivity index (χ4v) is 4.12. The molecule has 0 spiro atoms. The van der Waals surface area contributed by atoms with E-state index in [2.05, 4.69) is 59.3 Å². The molecule has 0 saturated heterocycles. The second kappa shape index (κ2) is 6.81. The predicted octanol–water partition coefficient (Wildman–Crippen LogP) is 5.16. The van der Waals surface area contributed by atoms with Crippen LogP contribution >= 0.6 is 11.8 Å². The van der Waals surface area contributed by atoms with Crippen molar-refractivity contribution in [3.63, 3.8) is 0 Å². The van der Waals surface area contributed by atoms with Crippen LogP contribution in [0.2, 0.25) is 0 Å². The summed E-state index contributed by atoms with van der Waals surface area (Å²) in [6.45, 7) is 5.71. The Morgan fingerprint density at radius 2 is 1.81 bits per heavy atom. The van der Waals surface area contributed by atoms with Crippen molar-refractivity contribution in [1.29, 1.82) is 0 Å². The first-order valence-electron chi connectivity index (χ1n) is 8.42. The number of pyridine rings is 1. The van der Waals surface area contributed by atoms with Gasteiger partial charge in [-0.1, -0.05) is 42.6 Å². The first-order valence-corrected chi connectivity index (χ1v) is 9.24. The Hall–Kier alpha value is -2.85. The molecule has 0 radical (unpaired) electrons. The van der Waals surface area contributed by atoms with Crippen molar-refractivity contribution in [2.24, 2.45) is 0 Å². The molecule has 0 unspecified atom stereocenters. The second-order valence-corrected chi connectivity index (χ2v) is 7.38. The first-order chi connectivity index (χ1) is 12.6. The summed E-state index contributed by atoms with van der Waals surface area (Å²) in [5.74, 6) is 0.420. The second-order valence-electron chi connectivity index (χ2n) is 6.30. The van der Waals surface area contributed by atoms with E-state index in [0.29, 0.717) is 5.82 Å². The van der Waals surface area contributed by atoms with Gasteiger partial charge in [0.1, 0.15) is 5.82 Å². The lowest BCUT2D eigenvalue weighted by molar-refractivity contribution is -0.114. The van der Waals surface area contributed by atoms with Gasteiger partial charge in [0.25, 0.3) is 0 Å². The summed E-state index contributed by atoms with van der Waals surface area (Å²) in [5.41, 5.74) is 5.67. The third-order valence-corrected chi connectivity index (χ3v) is 5.63. The van der Waals surface area contributed by atoms with Gasteiger partial charge in [-0.05, 0) is 59.0 Å². The molecule has 1 amide bonds. The minimum atomic E-state index is -0.128. The van der Waals surface area contributed by atoms with Crippen LogP contribution in [0.4, 0.5) is 5.82 Å². The largest absolute Gasteiger partial charge is 0.311 e. The molecule has 2 aromatic carbocycles. The van der Waals surface area contributed by atoms with Crippen LogP contribution in [-0.2, 0) is 11.2 Å². The molecule has 4 rings (SSSR count). The standard InChI is InChI=1S/C22H18N2OS/c1-14(18-8-10-22(23-13-18)24-15(2)25)16-7-9-21-19(11-16)12-17-5-3-4-6-20(17)26-21/h3-11,13H,1,12H2,2H3,(H,23,24,25). The summed E-state index contributed by atoms with van der Waals surface area (Å²) in [6, 6.07) is 18.8. The van der Waals surface area contributed by atoms with Gasteiger partial charge in [0.15, 0.2) is 0 Å². The van der Waals surface area contributed by atoms with Gasteiger partial charge >= 0.3 is 0 Å². The monoisotopic (exact) mass is 358 g/mol. The summed E-state index contributed by atoms with van der Waals surface area (Å²) < 4.78 is 0. The molecule has 2 heterocycles. The number of benzene rings is 2. The minimum absolute atomic E-state index is 0.128.